The third-order valence-electron chi connectivity index (χ3n) is 9.06. The molecule has 0 spiro atoms. The maximum Gasteiger partial charge on any atom is 0.264 e. The summed E-state index contributed by atoms with van der Waals surface area (Å²) in [5.41, 5.74) is 3.14. The van der Waals surface area contributed by atoms with Gasteiger partial charge in [0.15, 0.2) is 0 Å². The minimum atomic E-state index is -4.20. The van der Waals surface area contributed by atoms with E-state index in [4.69, 9.17) is 4.74 Å². The molecule has 0 heterocycles. The number of aryl methyl sites for hydroxylation is 1. The topological polar surface area (TPSA) is 96.0 Å². The largest absolute Gasteiger partial charge is 0.494 e. The Labute approximate surface area is 301 Å². The van der Waals surface area contributed by atoms with Crippen LogP contribution in [0.15, 0.2) is 113 Å². The summed E-state index contributed by atoms with van der Waals surface area (Å²) < 4.78 is 35.5. The van der Waals surface area contributed by atoms with E-state index < -0.39 is 28.5 Å². The van der Waals surface area contributed by atoms with Crippen molar-refractivity contribution in [3.05, 3.63) is 120 Å². The normalized spacial score (nSPS) is 14.1. The van der Waals surface area contributed by atoms with E-state index in [1.165, 1.54) is 11.8 Å². The number of anilines is 1. The second-order valence-corrected chi connectivity index (χ2v) is 15.4. The molecule has 50 heavy (non-hydrogen) atoms. The van der Waals surface area contributed by atoms with E-state index in [0.717, 1.165) is 58.0 Å². The molecular weight excluding hydrogens is 667 g/mol. The SMILES string of the molecule is CCOc1ccc(N(CC(=O)N(Cc2ccc(C)cc2)[C@@H](Cc2ccccc2)C(=O)NC2CCCCC2)S(=O)(=O)c2ccc(SC)cc2)cc1. The molecule has 4 aromatic rings. The van der Waals surface area contributed by atoms with Gasteiger partial charge in [0.25, 0.3) is 10.0 Å². The van der Waals surface area contributed by atoms with Crippen molar-refractivity contribution < 1.29 is 22.7 Å². The summed E-state index contributed by atoms with van der Waals surface area (Å²) in [5, 5.41) is 3.26. The molecule has 0 radical (unpaired) electrons. The number of hydrogen-bond acceptors (Lipinski definition) is 6. The number of carbonyl (C=O) groups excluding carboxylic acids is 2. The van der Waals surface area contributed by atoms with Crippen LogP contribution in [-0.2, 0) is 32.6 Å². The second-order valence-electron chi connectivity index (χ2n) is 12.7. The van der Waals surface area contributed by atoms with Crippen LogP contribution in [-0.4, -0.2) is 56.6 Å². The quantitative estimate of drug-likeness (QED) is 0.129. The zero-order chi connectivity index (χ0) is 35.5. The summed E-state index contributed by atoms with van der Waals surface area (Å²) in [6, 6.07) is 30.0. The number of nitrogens with zero attached hydrogens (tertiary/aromatic N) is 2. The molecule has 1 aliphatic carbocycles. The van der Waals surface area contributed by atoms with Gasteiger partial charge in [0.2, 0.25) is 11.8 Å². The Balaban J connectivity index is 1.56. The van der Waals surface area contributed by atoms with Crippen LogP contribution < -0.4 is 14.4 Å². The van der Waals surface area contributed by atoms with Gasteiger partial charge >= 0.3 is 0 Å². The number of amides is 2. The summed E-state index contributed by atoms with van der Waals surface area (Å²) in [7, 11) is -4.20. The molecule has 0 unspecified atom stereocenters. The van der Waals surface area contributed by atoms with E-state index in [0.29, 0.717) is 18.0 Å². The molecule has 1 atom stereocenters. The lowest BCUT2D eigenvalue weighted by atomic mass is 9.94. The van der Waals surface area contributed by atoms with Crippen molar-refractivity contribution in [2.24, 2.45) is 0 Å². The first-order valence-electron chi connectivity index (χ1n) is 17.3. The van der Waals surface area contributed by atoms with Gasteiger partial charge in [-0.1, -0.05) is 79.4 Å². The number of nitrogens with one attached hydrogen (secondary N) is 1. The standard InChI is InChI=1S/C40H47N3O5S2/c1-4-48-35-21-19-34(20-22-35)43(50(46,47)37-25-23-36(49-3)24-26-37)29-39(44)42(28-32-17-15-30(2)16-18-32)38(27-31-11-7-5-8-12-31)40(45)41-33-13-9-6-10-14-33/h5,7-8,11-12,15-26,33,38H,4,6,9-10,13-14,27-29H2,1-3H3,(H,41,45)/t38-/m0/s1. The smallest absolute Gasteiger partial charge is 0.264 e. The average Bonchev–Trinajstić information content (AvgIpc) is 3.14. The van der Waals surface area contributed by atoms with Gasteiger partial charge in [0.1, 0.15) is 18.3 Å². The third-order valence-corrected chi connectivity index (χ3v) is 11.6. The van der Waals surface area contributed by atoms with Gasteiger partial charge in [-0.15, -0.1) is 11.8 Å². The van der Waals surface area contributed by atoms with Crippen LogP contribution in [0.1, 0.15) is 55.7 Å². The fraction of sp³-hybridized carbons (Fsp3) is 0.350. The van der Waals surface area contributed by atoms with Crippen molar-refractivity contribution in [2.75, 3.05) is 23.7 Å². The van der Waals surface area contributed by atoms with E-state index in [1.807, 2.05) is 74.7 Å². The first-order valence-corrected chi connectivity index (χ1v) is 19.9. The van der Waals surface area contributed by atoms with Crippen LogP contribution in [0.5, 0.6) is 5.75 Å². The second kappa shape index (κ2) is 17.6. The average molecular weight is 714 g/mol. The van der Waals surface area contributed by atoms with Gasteiger partial charge in [-0.25, -0.2) is 8.42 Å². The zero-order valence-electron chi connectivity index (χ0n) is 29.1. The van der Waals surface area contributed by atoms with Crippen molar-refractivity contribution in [1.82, 2.24) is 10.2 Å². The molecule has 8 nitrogen and oxygen atoms in total. The molecule has 5 rings (SSSR count). The molecule has 0 aromatic heterocycles. The summed E-state index contributed by atoms with van der Waals surface area (Å²) in [5.74, 6) is -0.125. The van der Waals surface area contributed by atoms with Crippen LogP contribution in [0.4, 0.5) is 5.69 Å². The molecular formula is C40H47N3O5S2. The van der Waals surface area contributed by atoms with E-state index in [2.05, 4.69) is 5.32 Å². The predicted octanol–water partition coefficient (Wildman–Crippen LogP) is 7.40. The predicted molar refractivity (Wildman–Crippen MR) is 201 cm³/mol. The Kier molecular flexibility index (Phi) is 13.0. The molecule has 10 heteroatoms. The molecule has 0 bridgehead atoms. The number of sulfonamides is 1. The Morgan fingerprint density at radius 3 is 2.14 bits per heavy atom. The molecule has 1 saturated carbocycles. The van der Waals surface area contributed by atoms with Crippen LogP contribution >= 0.6 is 11.8 Å². The zero-order valence-corrected chi connectivity index (χ0v) is 30.7. The van der Waals surface area contributed by atoms with Gasteiger partial charge in [-0.3, -0.25) is 13.9 Å². The number of benzene rings is 4. The van der Waals surface area contributed by atoms with Gasteiger partial charge in [0.05, 0.1) is 17.2 Å². The summed E-state index contributed by atoms with van der Waals surface area (Å²) in [6.07, 6.45) is 7.24. The number of thioether (sulfide) groups is 1. The third kappa shape index (κ3) is 9.69. The first kappa shape index (κ1) is 37.0. The van der Waals surface area contributed by atoms with Gasteiger partial charge in [0, 0.05) is 23.9 Å². The van der Waals surface area contributed by atoms with Gasteiger partial charge < -0.3 is 15.0 Å². The van der Waals surface area contributed by atoms with Crippen LogP contribution in [0, 0.1) is 6.92 Å². The van der Waals surface area contributed by atoms with Crippen molar-refractivity contribution in [2.45, 2.75) is 80.8 Å². The number of hydrogen-bond donors (Lipinski definition) is 1. The highest BCUT2D eigenvalue weighted by atomic mass is 32.2. The molecule has 264 valence electrons. The Morgan fingerprint density at radius 1 is 0.860 bits per heavy atom. The molecule has 0 aliphatic heterocycles. The Morgan fingerprint density at radius 2 is 1.52 bits per heavy atom. The maximum absolute atomic E-state index is 14.8. The molecule has 2 amide bonds. The van der Waals surface area contributed by atoms with Gasteiger partial charge in [-0.05, 0) is 92.6 Å². The van der Waals surface area contributed by atoms with Crippen LogP contribution in [0.2, 0.25) is 0 Å². The highest BCUT2D eigenvalue weighted by molar-refractivity contribution is 7.98. The fourth-order valence-corrected chi connectivity index (χ4v) is 8.09. The maximum atomic E-state index is 14.8. The van der Waals surface area contributed by atoms with E-state index in [9.17, 15) is 18.0 Å². The number of carbonyl (C=O) groups is 2. The van der Waals surface area contributed by atoms with Crippen LogP contribution in [0.3, 0.4) is 0 Å². The Hall–Kier alpha value is -4.28. The van der Waals surface area contributed by atoms with Crippen molar-refractivity contribution >= 4 is 39.3 Å². The molecule has 4 aromatic carbocycles. The molecule has 0 saturated heterocycles. The fourth-order valence-electron chi connectivity index (χ4n) is 6.27. The molecule has 1 aliphatic rings. The van der Waals surface area contributed by atoms with Crippen molar-refractivity contribution in [3.8, 4) is 5.75 Å². The number of rotatable bonds is 15. The van der Waals surface area contributed by atoms with Gasteiger partial charge in [-0.2, -0.15) is 0 Å². The molecule has 1 N–H and O–H groups in total. The lowest BCUT2D eigenvalue weighted by molar-refractivity contribution is -0.140. The lowest BCUT2D eigenvalue weighted by Gasteiger charge is -2.35. The van der Waals surface area contributed by atoms with E-state index in [-0.39, 0.29) is 29.8 Å². The summed E-state index contributed by atoms with van der Waals surface area (Å²) in [6.45, 7) is 3.96. The van der Waals surface area contributed by atoms with E-state index >= 15 is 0 Å². The Bertz CT molecular complexity index is 1790. The minimum absolute atomic E-state index is 0.0378. The highest BCUT2D eigenvalue weighted by Crippen LogP contribution is 2.28. The molecule has 1 fully saturated rings. The lowest BCUT2D eigenvalue weighted by Crippen LogP contribution is -2.55. The summed E-state index contributed by atoms with van der Waals surface area (Å²) >= 11 is 1.51. The monoisotopic (exact) mass is 713 g/mol. The van der Waals surface area contributed by atoms with E-state index in [1.54, 1.807) is 53.4 Å². The minimum Gasteiger partial charge on any atom is -0.494 e. The van der Waals surface area contributed by atoms with Crippen molar-refractivity contribution in [1.29, 1.82) is 0 Å². The highest BCUT2D eigenvalue weighted by Gasteiger charge is 2.35. The summed E-state index contributed by atoms with van der Waals surface area (Å²) in [4.78, 5) is 31.6. The number of ether oxygens (including phenoxy) is 1. The first-order chi connectivity index (χ1) is 24.2. The van der Waals surface area contributed by atoms with Crippen molar-refractivity contribution in [3.63, 3.8) is 0 Å². The van der Waals surface area contributed by atoms with Crippen LogP contribution in [0.25, 0.3) is 0 Å².